The minimum absolute atomic E-state index is 0.0470. The Bertz CT molecular complexity index is 404. The molecule has 0 saturated heterocycles. The number of hydrogen-bond acceptors (Lipinski definition) is 2. The Morgan fingerprint density at radius 3 is 2.74 bits per heavy atom. The van der Waals surface area contributed by atoms with Crippen LogP contribution in [0, 0.1) is 0 Å². The van der Waals surface area contributed by atoms with Crippen molar-refractivity contribution in [2.45, 2.75) is 32.2 Å². The first-order valence-corrected chi connectivity index (χ1v) is 6.16. The maximum Gasteiger partial charge on any atom is 0.573 e. The minimum Gasteiger partial charge on any atom is -0.406 e. The van der Waals surface area contributed by atoms with Crippen molar-refractivity contribution < 1.29 is 17.9 Å². The Balaban J connectivity index is 2.84. The molecule has 2 nitrogen and oxygen atoms in total. The summed E-state index contributed by atoms with van der Waals surface area (Å²) in [6.07, 6.45) is -1.32. The fourth-order valence-corrected chi connectivity index (χ4v) is 1.75. The van der Waals surface area contributed by atoms with Gasteiger partial charge in [-0.25, -0.2) is 0 Å². The summed E-state index contributed by atoms with van der Waals surface area (Å²) in [7, 11) is 0. The maximum atomic E-state index is 12.2. The topological polar surface area (TPSA) is 21.3 Å². The number of benzene rings is 1. The molecule has 0 amide bonds. The van der Waals surface area contributed by atoms with Gasteiger partial charge in [-0.15, -0.1) is 19.8 Å². The van der Waals surface area contributed by atoms with E-state index in [4.69, 9.17) is 0 Å². The van der Waals surface area contributed by atoms with Crippen LogP contribution in [-0.2, 0) is 0 Å². The SMILES string of the molecule is C=CCC(NCCC)c1cccc(OC(F)(F)F)c1. The van der Waals surface area contributed by atoms with E-state index in [0.717, 1.165) is 18.5 Å². The van der Waals surface area contributed by atoms with E-state index >= 15 is 0 Å². The van der Waals surface area contributed by atoms with Crippen LogP contribution in [0.2, 0.25) is 0 Å². The second kappa shape index (κ2) is 7.19. The van der Waals surface area contributed by atoms with Crippen molar-refractivity contribution in [3.05, 3.63) is 42.5 Å². The van der Waals surface area contributed by atoms with Gasteiger partial charge in [0, 0.05) is 6.04 Å². The molecule has 0 aliphatic carbocycles. The van der Waals surface area contributed by atoms with Crippen molar-refractivity contribution in [3.8, 4) is 5.75 Å². The van der Waals surface area contributed by atoms with Crippen molar-refractivity contribution in [2.24, 2.45) is 0 Å². The van der Waals surface area contributed by atoms with Crippen LogP contribution in [0.5, 0.6) is 5.75 Å². The molecule has 0 spiro atoms. The van der Waals surface area contributed by atoms with Gasteiger partial charge in [0.1, 0.15) is 5.75 Å². The molecular formula is C14H18F3NO. The molecule has 0 aromatic heterocycles. The lowest BCUT2D eigenvalue weighted by Crippen LogP contribution is -2.22. The summed E-state index contributed by atoms with van der Waals surface area (Å²) in [6, 6.07) is 5.99. The van der Waals surface area contributed by atoms with E-state index in [9.17, 15) is 13.2 Å². The number of alkyl halides is 3. The van der Waals surface area contributed by atoms with Crippen molar-refractivity contribution in [2.75, 3.05) is 6.54 Å². The second-order valence-corrected chi connectivity index (χ2v) is 4.15. The van der Waals surface area contributed by atoms with Crippen LogP contribution < -0.4 is 10.1 Å². The van der Waals surface area contributed by atoms with Crippen LogP contribution >= 0.6 is 0 Å². The van der Waals surface area contributed by atoms with Gasteiger partial charge in [-0.3, -0.25) is 0 Å². The van der Waals surface area contributed by atoms with E-state index in [1.54, 1.807) is 18.2 Å². The Morgan fingerprint density at radius 2 is 2.16 bits per heavy atom. The van der Waals surface area contributed by atoms with Crippen LogP contribution in [-0.4, -0.2) is 12.9 Å². The molecular weight excluding hydrogens is 255 g/mol. The Labute approximate surface area is 111 Å². The lowest BCUT2D eigenvalue weighted by atomic mass is 10.0. The molecule has 1 unspecified atom stereocenters. The van der Waals surface area contributed by atoms with Crippen molar-refractivity contribution in [1.29, 1.82) is 0 Å². The van der Waals surface area contributed by atoms with Crippen LogP contribution in [0.3, 0.4) is 0 Å². The zero-order chi connectivity index (χ0) is 14.3. The highest BCUT2D eigenvalue weighted by Crippen LogP contribution is 2.26. The van der Waals surface area contributed by atoms with Gasteiger partial charge in [0.25, 0.3) is 0 Å². The van der Waals surface area contributed by atoms with Gasteiger partial charge >= 0.3 is 6.36 Å². The molecule has 1 aromatic carbocycles. The number of rotatable bonds is 7. The van der Waals surface area contributed by atoms with Gasteiger partial charge in [-0.2, -0.15) is 0 Å². The number of hydrogen-bond donors (Lipinski definition) is 1. The van der Waals surface area contributed by atoms with Crippen LogP contribution in [0.1, 0.15) is 31.4 Å². The summed E-state index contributed by atoms with van der Waals surface area (Å²) in [6.45, 7) is 6.49. The van der Waals surface area contributed by atoms with Gasteiger partial charge in [0.2, 0.25) is 0 Å². The van der Waals surface area contributed by atoms with Gasteiger partial charge in [-0.05, 0) is 37.1 Å². The Kier molecular flexibility index (Phi) is 5.89. The maximum absolute atomic E-state index is 12.2. The molecule has 0 fully saturated rings. The summed E-state index contributed by atoms with van der Waals surface area (Å²) in [5.41, 5.74) is 0.759. The third-order valence-electron chi connectivity index (χ3n) is 2.54. The zero-order valence-electron chi connectivity index (χ0n) is 10.8. The Hall–Kier alpha value is -1.49. The summed E-state index contributed by atoms with van der Waals surface area (Å²) in [5.74, 6) is -0.197. The van der Waals surface area contributed by atoms with Crippen LogP contribution in [0.4, 0.5) is 13.2 Å². The lowest BCUT2D eigenvalue weighted by molar-refractivity contribution is -0.274. The van der Waals surface area contributed by atoms with Crippen molar-refractivity contribution in [3.63, 3.8) is 0 Å². The molecule has 0 bridgehead atoms. The average molecular weight is 273 g/mol. The minimum atomic E-state index is -4.66. The second-order valence-electron chi connectivity index (χ2n) is 4.15. The third kappa shape index (κ3) is 5.79. The largest absolute Gasteiger partial charge is 0.573 e. The standard InChI is InChI=1S/C14H18F3NO/c1-3-6-13(18-9-4-2)11-7-5-8-12(10-11)19-14(15,16)17/h3,5,7-8,10,13,18H,1,4,6,9H2,2H3. The monoisotopic (exact) mass is 273 g/mol. The molecule has 0 saturated carbocycles. The summed E-state index contributed by atoms with van der Waals surface area (Å²) >= 11 is 0. The number of ether oxygens (including phenoxy) is 1. The first-order valence-electron chi connectivity index (χ1n) is 6.16. The first kappa shape index (κ1) is 15.6. The lowest BCUT2D eigenvalue weighted by Gasteiger charge is -2.18. The molecule has 1 atom stereocenters. The highest BCUT2D eigenvalue weighted by atomic mass is 19.4. The van der Waals surface area contributed by atoms with E-state index in [2.05, 4.69) is 16.6 Å². The Morgan fingerprint density at radius 1 is 1.42 bits per heavy atom. The number of nitrogens with one attached hydrogen (secondary N) is 1. The molecule has 0 aliphatic heterocycles. The van der Waals surface area contributed by atoms with E-state index in [0.29, 0.717) is 6.42 Å². The molecule has 106 valence electrons. The molecule has 1 aromatic rings. The fourth-order valence-electron chi connectivity index (χ4n) is 1.75. The number of halogens is 3. The summed E-state index contributed by atoms with van der Waals surface area (Å²) in [4.78, 5) is 0. The first-order chi connectivity index (χ1) is 8.96. The molecule has 0 aliphatic rings. The molecule has 19 heavy (non-hydrogen) atoms. The van der Waals surface area contributed by atoms with E-state index < -0.39 is 6.36 Å². The fraction of sp³-hybridized carbons (Fsp3) is 0.429. The average Bonchev–Trinajstić information content (AvgIpc) is 2.32. The van der Waals surface area contributed by atoms with E-state index in [-0.39, 0.29) is 11.8 Å². The predicted octanol–water partition coefficient (Wildman–Crippen LogP) is 4.20. The smallest absolute Gasteiger partial charge is 0.406 e. The highest BCUT2D eigenvalue weighted by Gasteiger charge is 2.31. The van der Waals surface area contributed by atoms with Crippen molar-refractivity contribution >= 4 is 0 Å². The quantitative estimate of drug-likeness (QED) is 0.752. The molecule has 5 heteroatoms. The molecule has 0 heterocycles. The molecule has 0 radical (unpaired) electrons. The van der Waals surface area contributed by atoms with Gasteiger partial charge < -0.3 is 10.1 Å². The van der Waals surface area contributed by atoms with Gasteiger partial charge in [0.05, 0.1) is 0 Å². The molecule has 1 rings (SSSR count). The summed E-state index contributed by atoms with van der Waals surface area (Å²) in [5, 5.41) is 3.27. The normalized spacial score (nSPS) is 13.1. The summed E-state index contributed by atoms with van der Waals surface area (Å²) < 4.78 is 40.4. The third-order valence-corrected chi connectivity index (χ3v) is 2.54. The predicted molar refractivity (Wildman–Crippen MR) is 69.0 cm³/mol. The molecule has 1 N–H and O–H groups in total. The van der Waals surface area contributed by atoms with E-state index in [1.807, 2.05) is 6.92 Å². The van der Waals surface area contributed by atoms with Gasteiger partial charge in [0.15, 0.2) is 0 Å². The van der Waals surface area contributed by atoms with Gasteiger partial charge in [-0.1, -0.05) is 25.1 Å². The van der Waals surface area contributed by atoms with E-state index in [1.165, 1.54) is 12.1 Å². The zero-order valence-corrected chi connectivity index (χ0v) is 10.8. The van der Waals surface area contributed by atoms with Crippen LogP contribution in [0.15, 0.2) is 36.9 Å². The highest BCUT2D eigenvalue weighted by molar-refractivity contribution is 5.31. The van der Waals surface area contributed by atoms with Crippen molar-refractivity contribution in [1.82, 2.24) is 5.32 Å². The van der Waals surface area contributed by atoms with Crippen LogP contribution in [0.25, 0.3) is 0 Å².